The van der Waals surface area contributed by atoms with Crippen molar-refractivity contribution in [2.75, 3.05) is 0 Å². The van der Waals surface area contributed by atoms with Crippen molar-refractivity contribution in [3.05, 3.63) is 64.4 Å². The van der Waals surface area contributed by atoms with Gasteiger partial charge in [-0.25, -0.2) is 4.98 Å². The van der Waals surface area contributed by atoms with E-state index in [4.69, 9.17) is 0 Å². The zero-order valence-electron chi connectivity index (χ0n) is 11.4. The minimum absolute atomic E-state index is 0.552. The van der Waals surface area contributed by atoms with E-state index >= 15 is 0 Å². The van der Waals surface area contributed by atoms with Crippen molar-refractivity contribution in [3.8, 4) is 6.07 Å². The fourth-order valence-corrected chi connectivity index (χ4v) is 2.52. The van der Waals surface area contributed by atoms with E-state index in [1.165, 1.54) is 0 Å². The number of para-hydroxylation sites is 2. The van der Waals surface area contributed by atoms with E-state index in [1.807, 2.05) is 66.2 Å². The predicted molar refractivity (Wildman–Crippen MR) is 88.3 cm³/mol. The van der Waals surface area contributed by atoms with Gasteiger partial charge in [-0.15, -0.1) is 0 Å². The number of aryl methyl sites for hydroxylation is 1. The molecular weight excluding hydrogens is 326 g/mol. The predicted octanol–water partition coefficient (Wildman–Crippen LogP) is 4.40. The minimum atomic E-state index is 0.552. The second-order valence-corrected chi connectivity index (χ2v) is 5.62. The van der Waals surface area contributed by atoms with Gasteiger partial charge >= 0.3 is 0 Å². The monoisotopic (exact) mass is 337 g/mol. The average Bonchev–Trinajstić information content (AvgIpc) is 2.84. The van der Waals surface area contributed by atoms with Gasteiger partial charge in [0.25, 0.3) is 0 Å². The summed E-state index contributed by atoms with van der Waals surface area (Å²) in [5, 5.41) is 9.46. The highest BCUT2D eigenvalue weighted by Gasteiger charge is 2.11. The van der Waals surface area contributed by atoms with Crippen LogP contribution in [-0.4, -0.2) is 9.55 Å². The number of rotatable bonds is 2. The Labute approximate surface area is 131 Å². The van der Waals surface area contributed by atoms with Crippen LogP contribution in [0.1, 0.15) is 11.4 Å². The maximum atomic E-state index is 9.46. The van der Waals surface area contributed by atoms with Gasteiger partial charge in [0.1, 0.15) is 6.07 Å². The second-order valence-electron chi connectivity index (χ2n) is 4.70. The Morgan fingerprint density at radius 3 is 2.57 bits per heavy atom. The minimum Gasteiger partial charge on any atom is -0.327 e. The highest BCUT2D eigenvalue weighted by molar-refractivity contribution is 9.10. The van der Waals surface area contributed by atoms with Crippen LogP contribution in [0.3, 0.4) is 0 Å². The van der Waals surface area contributed by atoms with Gasteiger partial charge in [-0.2, -0.15) is 5.26 Å². The molecule has 0 spiro atoms. The number of nitrogens with zero attached hydrogens (tertiary/aromatic N) is 3. The summed E-state index contributed by atoms with van der Waals surface area (Å²) in [6.07, 6.45) is 1.85. The van der Waals surface area contributed by atoms with Gasteiger partial charge < -0.3 is 4.57 Å². The van der Waals surface area contributed by atoms with Crippen LogP contribution in [0.5, 0.6) is 0 Å². The first-order chi connectivity index (χ1) is 10.2. The SMILES string of the molecule is Cn1c(C(C#N)=Cc2ccc(Br)cc2)nc2ccccc21. The molecule has 102 valence electrons. The van der Waals surface area contributed by atoms with Crippen molar-refractivity contribution < 1.29 is 0 Å². The Kier molecular flexibility index (Phi) is 3.59. The Hall–Kier alpha value is -2.38. The fraction of sp³-hybridized carbons (Fsp3) is 0.0588. The highest BCUT2D eigenvalue weighted by atomic mass is 79.9. The summed E-state index contributed by atoms with van der Waals surface area (Å²) >= 11 is 3.41. The topological polar surface area (TPSA) is 41.6 Å². The molecule has 3 aromatic rings. The molecule has 1 aromatic heterocycles. The molecule has 2 aromatic carbocycles. The maximum Gasteiger partial charge on any atom is 0.151 e. The smallest absolute Gasteiger partial charge is 0.151 e. The van der Waals surface area contributed by atoms with Crippen LogP contribution in [0.15, 0.2) is 53.0 Å². The van der Waals surface area contributed by atoms with Crippen molar-refractivity contribution in [1.29, 1.82) is 5.26 Å². The molecule has 0 unspecified atom stereocenters. The van der Waals surface area contributed by atoms with Crippen molar-refractivity contribution in [3.63, 3.8) is 0 Å². The van der Waals surface area contributed by atoms with Gasteiger partial charge in [0.2, 0.25) is 0 Å². The van der Waals surface area contributed by atoms with Crippen molar-refractivity contribution in [1.82, 2.24) is 9.55 Å². The molecule has 0 aliphatic heterocycles. The number of aromatic nitrogens is 2. The summed E-state index contributed by atoms with van der Waals surface area (Å²) in [4.78, 5) is 4.56. The van der Waals surface area contributed by atoms with E-state index in [1.54, 1.807) is 0 Å². The Balaban J connectivity index is 2.12. The molecule has 0 N–H and O–H groups in total. The van der Waals surface area contributed by atoms with Crippen LogP contribution >= 0.6 is 15.9 Å². The number of nitriles is 1. The summed E-state index contributed by atoms with van der Waals surface area (Å²) in [5.74, 6) is 0.682. The number of benzene rings is 2. The molecule has 21 heavy (non-hydrogen) atoms. The lowest BCUT2D eigenvalue weighted by atomic mass is 10.1. The van der Waals surface area contributed by atoms with Crippen molar-refractivity contribution in [2.24, 2.45) is 7.05 Å². The van der Waals surface area contributed by atoms with Gasteiger partial charge in [-0.3, -0.25) is 0 Å². The van der Waals surface area contributed by atoms with Crippen LogP contribution in [0, 0.1) is 11.3 Å². The standard InChI is InChI=1S/C17H12BrN3/c1-21-16-5-3-2-4-15(16)20-17(21)13(11-19)10-12-6-8-14(18)9-7-12/h2-10H,1H3. The zero-order valence-corrected chi connectivity index (χ0v) is 13.0. The summed E-state index contributed by atoms with van der Waals surface area (Å²) in [5.41, 5.74) is 3.44. The van der Waals surface area contributed by atoms with Crippen LogP contribution in [0.4, 0.5) is 0 Å². The third kappa shape index (κ3) is 2.61. The van der Waals surface area contributed by atoms with Crippen LogP contribution < -0.4 is 0 Å². The molecule has 0 fully saturated rings. The van der Waals surface area contributed by atoms with Crippen LogP contribution in [-0.2, 0) is 7.05 Å². The van der Waals surface area contributed by atoms with Gasteiger partial charge in [-0.05, 0) is 35.9 Å². The van der Waals surface area contributed by atoms with E-state index in [0.29, 0.717) is 11.4 Å². The summed E-state index contributed by atoms with van der Waals surface area (Å²) < 4.78 is 2.96. The van der Waals surface area contributed by atoms with E-state index in [0.717, 1.165) is 21.1 Å². The number of allylic oxidation sites excluding steroid dienone is 1. The number of imidazole rings is 1. The van der Waals surface area contributed by atoms with Gasteiger partial charge in [-0.1, -0.05) is 40.2 Å². The molecular formula is C17H12BrN3. The lowest BCUT2D eigenvalue weighted by molar-refractivity contribution is 0.925. The molecule has 0 atom stereocenters. The molecule has 0 radical (unpaired) electrons. The lowest BCUT2D eigenvalue weighted by Gasteiger charge is -2.01. The molecule has 1 heterocycles. The summed E-state index contributed by atoms with van der Waals surface area (Å²) in [6.45, 7) is 0. The van der Waals surface area contributed by atoms with E-state index in [2.05, 4.69) is 27.0 Å². The molecule has 0 saturated carbocycles. The first kappa shape index (κ1) is 13.6. The molecule has 3 nitrogen and oxygen atoms in total. The number of halogens is 1. The fourth-order valence-electron chi connectivity index (χ4n) is 2.26. The Morgan fingerprint density at radius 1 is 1.19 bits per heavy atom. The van der Waals surface area contributed by atoms with Crippen molar-refractivity contribution >= 4 is 38.6 Å². The summed E-state index contributed by atoms with van der Waals surface area (Å²) in [6, 6.07) is 18.0. The van der Waals surface area contributed by atoms with Crippen molar-refractivity contribution in [2.45, 2.75) is 0 Å². The van der Waals surface area contributed by atoms with Gasteiger partial charge in [0.05, 0.1) is 16.6 Å². The Morgan fingerprint density at radius 2 is 1.90 bits per heavy atom. The molecule has 0 saturated heterocycles. The van der Waals surface area contributed by atoms with Crippen LogP contribution in [0.25, 0.3) is 22.7 Å². The quantitative estimate of drug-likeness (QED) is 0.650. The molecule has 3 rings (SSSR count). The molecule has 4 heteroatoms. The zero-order chi connectivity index (χ0) is 14.8. The maximum absolute atomic E-state index is 9.46. The third-order valence-electron chi connectivity index (χ3n) is 3.33. The van der Waals surface area contributed by atoms with E-state index in [9.17, 15) is 5.26 Å². The number of hydrogen-bond donors (Lipinski definition) is 0. The molecule has 0 aliphatic carbocycles. The Bertz CT molecular complexity index is 867. The first-order valence-electron chi connectivity index (χ1n) is 6.48. The number of hydrogen-bond acceptors (Lipinski definition) is 2. The molecule has 0 aliphatic rings. The highest BCUT2D eigenvalue weighted by Crippen LogP contribution is 2.22. The molecule has 0 amide bonds. The van der Waals surface area contributed by atoms with E-state index < -0.39 is 0 Å². The third-order valence-corrected chi connectivity index (χ3v) is 3.86. The molecule has 0 bridgehead atoms. The van der Waals surface area contributed by atoms with Gasteiger partial charge in [0, 0.05) is 11.5 Å². The normalized spacial score (nSPS) is 11.6. The number of fused-ring (bicyclic) bond motifs is 1. The first-order valence-corrected chi connectivity index (χ1v) is 7.27. The average molecular weight is 338 g/mol. The largest absolute Gasteiger partial charge is 0.327 e. The summed E-state index contributed by atoms with van der Waals surface area (Å²) in [7, 11) is 1.93. The van der Waals surface area contributed by atoms with E-state index in [-0.39, 0.29) is 0 Å². The lowest BCUT2D eigenvalue weighted by Crippen LogP contribution is -1.95. The second kappa shape index (κ2) is 5.55. The van der Waals surface area contributed by atoms with Crippen LogP contribution in [0.2, 0.25) is 0 Å². The van der Waals surface area contributed by atoms with Gasteiger partial charge in [0.15, 0.2) is 5.82 Å².